The van der Waals surface area contributed by atoms with E-state index in [0.29, 0.717) is 0 Å². The van der Waals surface area contributed by atoms with Gasteiger partial charge in [0.1, 0.15) is 0 Å². The lowest BCUT2D eigenvalue weighted by molar-refractivity contribution is 1.25. The molecule has 8 rings (SSSR count). The van der Waals surface area contributed by atoms with E-state index in [1.807, 2.05) is 11.3 Å². The third-order valence-electron chi connectivity index (χ3n) is 9.28. The van der Waals surface area contributed by atoms with Gasteiger partial charge in [-0.2, -0.15) is 0 Å². The van der Waals surface area contributed by atoms with Crippen LogP contribution in [0.25, 0.3) is 30.9 Å². The van der Waals surface area contributed by atoms with Crippen molar-refractivity contribution in [3.8, 4) is 0 Å². The van der Waals surface area contributed by atoms with Gasteiger partial charge in [0, 0.05) is 54.0 Å². The summed E-state index contributed by atoms with van der Waals surface area (Å²) in [7, 11) is 0. The Labute approximate surface area is 287 Å². The molecule has 7 aromatic carbocycles. The van der Waals surface area contributed by atoms with Crippen molar-refractivity contribution in [3.63, 3.8) is 0 Å². The van der Waals surface area contributed by atoms with Crippen molar-refractivity contribution >= 4 is 76.4 Å². The minimum absolute atomic E-state index is 1.15. The zero-order chi connectivity index (χ0) is 32.9. The van der Waals surface area contributed by atoms with Gasteiger partial charge in [-0.25, -0.2) is 0 Å². The van der Waals surface area contributed by atoms with Crippen molar-refractivity contribution in [2.24, 2.45) is 0 Å². The quantitative estimate of drug-likeness (QED) is 0.179. The molecule has 234 valence electrons. The summed E-state index contributed by atoms with van der Waals surface area (Å²) >= 11 is 1.88. The normalized spacial score (nSPS) is 11.4. The molecular formula is C45H38N2S. The Bertz CT molecular complexity index is 2370. The van der Waals surface area contributed by atoms with Crippen LogP contribution >= 0.6 is 11.3 Å². The molecule has 1 aromatic heterocycles. The Morgan fingerprint density at radius 3 is 1.42 bits per heavy atom. The summed E-state index contributed by atoms with van der Waals surface area (Å²) in [5, 5.41) is 5.13. The maximum atomic E-state index is 2.41. The van der Waals surface area contributed by atoms with Crippen molar-refractivity contribution < 1.29 is 0 Å². The number of benzene rings is 7. The van der Waals surface area contributed by atoms with Crippen LogP contribution in [0.2, 0.25) is 0 Å². The van der Waals surface area contributed by atoms with Crippen molar-refractivity contribution in [1.82, 2.24) is 0 Å². The van der Waals surface area contributed by atoms with E-state index in [0.717, 1.165) is 22.7 Å². The highest BCUT2D eigenvalue weighted by Gasteiger charge is 2.21. The van der Waals surface area contributed by atoms with Gasteiger partial charge in [0.05, 0.1) is 5.69 Å². The molecule has 0 fully saturated rings. The van der Waals surface area contributed by atoms with Crippen LogP contribution in [0.1, 0.15) is 27.8 Å². The predicted octanol–water partition coefficient (Wildman–Crippen LogP) is 13.7. The maximum absolute atomic E-state index is 2.41. The monoisotopic (exact) mass is 638 g/mol. The molecule has 0 bridgehead atoms. The number of hydrogen-bond donors (Lipinski definition) is 0. The summed E-state index contributed by atoms with van der Waals surface area (Å²) in [4.78, 5) is 4.80. The molecular weight excluding hydrogens is 601 g/mol. The van der Waals surface area contributed by atoms with E-state index in [4.69, 9.17) is 0 Å². The van der Waals surface area contributed by atoms with Gasteiger partial charge in [0.2, 0.25) is 0 Å². The van der Waals surface area contributed by atoms with Gasteiger partial charge in [-0.3, -0.25) is 0 Å². The number of aryl methyl sites for hydroxylation is 5. The van der Waals surface area contributed by atoms with Gasteiger partial charge in [0.25, 0.3) is 0 Å². The first-order valence-corrected chi connectivity index (χ1v) is 17.4. The number of rotatable bonds is 6. The molecule has 0 unspecified atom stereocenters. The molecule has 0 saturated heterocycles. The van der Waals surface area contributed by atoms with Crippen LogP contribution in [0, 0.1) is 34.6 Å². The van der Waals surface area contributed by atoms with Crippen molar-refractivity contribution in [1.29, 1.82) is 0 Å². The average molecular weight is 639 g/mol. The summed E-state index contributed by atoms with van der Waals surface area (Å²) in [6.45, 7) is 10.8. The predicted molar refractivity (Wildman–Crippen MR) is 210 cm³/mol. The lowest BCUT2D eigenvalue weighted by Gasteiger charge is -2.27. The van der Waals surface area contributed by atoms with Gasteiger partial charge in [-0.15, -0.1) is 11.3 Å². The maximum Gasteiger partial charge on any atom is 0.0554 e. The van der Waals surface area contributed by atoms with Crippen molar-refractivity contribution in [2.45, 2.75) is 34.6 Å². The third-order valence-corrected chi connectivity index (χ3v) is 10.4. The summed E-state index contributed by atoms with van der Waals surface area (Å²) in [5.41, 5.74) is 13.3. The van der Waals surface area contributed by atoms with Crippen LogP contribution in [-0.4, -0.2) is 0 Å². The first-order valence-electron chi connectivity index (χ1n) is 16.6. The van der Waals surface area contributed by atoms with Crippen LogP contribution in [0.5, 0.6) is 0 Å². The van der Waals surface area contributed by atoms with Crippen LogP contribution < -0.4 is 9.80 Å². The molecule has 3 heteroatoms. The minimum Gasteiger partial charge on any atom is -0.310 e. The topological polar surface area (TPSA) is 6.48 Å². The van der Waals surface area contributed by atoms with Crippen LogP contribution in [0.4, 0.5) is 34.1 Å². The first-order chi connectivity index (χ1) is 23.3. The van der Waals surface area contributed by atoms with Gasteiger partial charge < -0.3 is 9.80 Å². The average Bonchev–Trinajstić information content (AvgIpc) is 3.45. The highest BCUT2D eigenvalue weighted by atomic mass is 32.1. The Morgan fingerprint density at radius 2 is 0.854 bits per heavy atom. The number of hydrogen-bond acceptors (Lipinski definition) is 3. The SMILES string of the molecule is Cc1ccc(N(c2cc(C)cc(C)c2)c2ccc3c(c2)sc2cc(N(c4ccc(C)cc4)c4ccc(C)cc4)c4ccccc4c23)cc1. The molecule has 0 N–H and O–H groups in total. The van der Waals surface area contributed by atoms with E-state index in [2.05, 4.69) is 184 Å². The minimum atomic E-state index is 1.15. The molecule has 1 heterocycles. The third kappa shape index (κ3) is 5.40. The molecule has 0 spiro atoms. The highest BCUT2D eigenvalue weighted by molar-refractivity contribution is 7.26. The molecule has 48 heavy (non-hydrogen) atoms. The molecule has 8 aromatic rings. The highest BCUT2D eigenvalue weighted by Crippen LogP contribution is 2.47. The lowest BCUT2D eigenvalue weighted by Crippen LogP contribution is -2.10. The van der Waals surface area contributed by atoms with Gasteiger partial charge in [-0.05, 0) is 118 Å². The molecule has 0 radical (unpaired) electrons. The fourth-order valence-corrected chi connectivity index (χ4v) is 8.16. The largest absolute Gasteiger partial charge is 0.310 e. The Kier molecular flexibility index (Phi) is 7.50. The molecule has 0 atom stereocenters. The Hall–Kier alpha value is -5.38. The van der Waals surface area contributed by atoms with E-state index in [-0.39, 0.29) is 0 Å². The summed E-state index contributed by atoms with van der Waals surface area (Å²) in [6.07, 6.45) is 0. The fourth-order valence-electron chi connectivity index (χ4n) is 6.97. The second-order valence-corrected chi connectivity index (χ2v) is 14.2. The second kappa shape index (κ2) is 12.0. The lowest BCUT2D eigenvalue weighted by atomic mass is 10.0. The van der Waals surface area contributed by atoms with Crippen LogP contribution in [-0.2, 0) is 0 Å². The van der Waals surface area contributed by atoms with Gasteiger partial charge in [0.15, 0.2) is 0 Å². The van der Waals surface area contributed by atoms with E-state index < -0.39 is 0 Å². The number of anilines is 6. The van der Waals surface area contributed by atoms with Gasteiger partial charge in [-0.1, -0.05) is 89.5 Å². The first kappa shape index (κ1) is 30.0. The van der Waals surface area contributed by atoms with E-state index in [1.54, 1.807) is 0 Å². The Balaban J connectivity index is 1.35. The molecule has 0 saturated carbocycles. The van der Waals surface area contributed by atoms with E-state index in [1.165, 1.54) is 70.1 Å². The Morgan fingerprint density at radius 1 is 0.354 bits per heavy atom. The van der Waals surface area contributed by atoms with E-state index in [9.17, 15) is 0 Å². The second-order valence-electron chi connectivity index (χ2n) is 13.1. The molecule has 0 aliphatic carbocycles. The molecule has 2 nitrogen and oxygen atoms in total. The number of fused-ring (bicyclic) bond motifs is 5. The zero-order valence-electron chi connectivity index (χ0n) is 28.1. The standard InChI is InChI=1S/C45H38N2S/c1-29-10-16-34(17-11-29)46(38-25-32(4)24-33(5)26-38)37-22-23-41-43(27-37)48-44-28-42(39-8-6-7-9-40(39)45(41)44)47(35-18-12-30(2)13-19-35)36-20-14-31(3)15-21-36/h6-28H,1-5H3. The zero-order valence-corrected chi connectivity index (χ0v) is 28.9. The molecule has 0 aliphatic heterocycles. The fraction of sp³-hybridized carbons (Fsp3) is 0.111. The summed E-state index contributed by atoms with van der Waals surface area (Å²) < 4.78 is 2.57. The van der Waals surface area contributed by atoms with Crippen LogP contribution in [0.3, 0.4) is 0 Å². The summed E-state index contributed by atoms with van der Waals surface area (Å²) in [6, 6.07) is 51.7. The smallest absolute Gasteiger partial charge is 0.0554 e. The molecule has 0 aliphatic rings. The van der Waals surface area contributed by atoms with Crippen molar-refractivity contribution in [2.75, 3.05) is 9.80 Å². The number of thiophene rings is 1. The van der Waals surface area contributed by atoms with Gasteiger partial charge >= 0.3 is 0 Å². The molecule has 0 amide bonds. The van der Waals surface area contributed by atoms with Crippen molar-refractivity contribution in [3.05, 3.63) is 167 Å². The van der Waals surface area contributed by atoms with E-state index >= 15 is 0 Å². The summed E-state index contributed by atoms with van der Waals surface area (Å²) in [5.74, 6) is 0. The number of nitrogens with zero attached hydrogens (tertiary/aromatic N) is 2. The van der Waals surface area contributed by atoms with Crippen LogP contribution in [0.15, 0.2) is 140 Å².